The van der Waals surface area contributed by atoms with E-state index in [4.69, 9.17) is 15.0 Å². The Morgan fingerprint density at radius 3 is 1.92 bits per heavy atom. The Kier molecular flexibility index (Phi) is 5.29. The van der Waals surface area contributed by atoms with Gasteiger partial charge in [-0.3, -0.25) is 13.5 Å². The van der Waals surface area contributed by atoms with Gasteiger partial charge in [0.1, 0.15) is 0 Å². The van der Waals surface area contributed by atoms with Gasteiger partial charge < -0.3 is 0 Å². The molecule has 0 unspecified atom stereocenters. The highest BCUT2D eigenvalue weighted by atomic mass is 15.2. The van der Waals surface area contributed by atoms with Gasteiger partial charge in [0.25, 0.3) is 0 Å². The second-order valence-corrected chi connectivity index (χ2v) is 12.6. The topological polar surface area (TPSA) is 52.9 Å². The van der Waals surface area contributed by atoms with Crippen molar-refractivity contribution in [2.75, 3.05) is 0 Å². The largest absolute Gasteiger partial charge is 0.278 e. The fourth-order valence-electron chi connectivity index (χ4n) is 7.63. The molecule has 0 saturated heterocycles. The zero-order valence-corrected chi connectivity index (χ0v) is 26.2. The average Bonchev–Trinajstić information content (AvgIpc) is 3.80. The second kappa shape index (κ2) is 9.86. The SMILES string of the molecule is c1ccc(-c2nc(-n3c4ccc(-n5c6ccccc6n6c7ccccc7nc56)cc4c4cc5ccccc5cc43)nc3ccccc23)cc1. The monoisotopic (exact) mass is 626 g/mol. The summed E-state index contributed by atoms with van der Waals surface area (Å²) in [6.45, 7) is 0. The number of benzene rings is 7. The van der Waals surface area contributed by atoms with Crippen molar-refractivity contribution in [3.8, 4) is 22.9 Å². The highest BCUT2D eigenvalue weighted by Gasteiger charge is 2.21. The molecule has 0 spiro atoms. The number of aromatic nitrogens is 6. The number of rotatable bonds is 3. The molecule has 11 aromatic rings. The van der Waals surface area contributed by atoms with E-state index in [0.717, 1.165) is 77.5 Å². The molecule has 0 saturated carbocycles. The minimum atomic E-state index is 0.647. The first-order valence-corrected chi connectivity index (χ1v) is 16.5. The lowest BCUT2D eigenvalue weighted by atomic mass is 10.1. The predicted molar refractivity (Wildman–Crippen MR) is 200 cm³/mol. The van der Waals surface area contributed by atoms with Crippen LogP contribution in [0.1, 0.15) is 0 Å². The Morgan fingerprint density at radius 1 is 0.388 bits per heavy atom. The van der Waals surface area contributed by atoms with Gasteiger partial charge in [-0.2, -0.15) is 0 Å². The minimum absolute atomic E-state index is 0.647. The van der Waals surface area contributed by atoms with Crippen LogP contribution in [-0.4, -0.2) is 28.5 Å². The molecule has 0 fully saturated rings. The van der Waals surface area contributed by atoms with Gasteiger partial charge in [0.15, 0.2) is 0 Å². The van der Waals surface area contributed by atoms with Crippen molar-refractivity contribution in [3.05, 3.63) is 158 Å². The lowest BCUT2D eigenvalue weighted by Gasteiger charge is -2.12. The summed E-state index contributed by atoms with van der Waals surface area (Å²) < 4.78 is 6.77. The van der Waals surface area contributed by atoms with Gasteiger partial charge in [0, 0.05) is 27.4 Å². The Hall–Kier alpha value is -6.79. The number of para-hydroxylation sites is 5. The number of hydrogen-bond acceptors (Lipinski definition) is 3. The standard InChI is InChI=1S/C43H26N6/c1-2-12-27(13-3-1)41-31-16-6-7-17-34(31)44-42(46-41)48-36-23-22-30(26-33(36)32-24-28-14-4-5-15-29(28)25-40(32)48)47-38-20-10-11-21-39(38)49-37-19-9-8-18-35(37)45-43(47)49/h1-26H. The molecule has 0 radical (unpaired) electrons. The molecule has 6 nitrogen and oxygen atoms in total. The van der Waals surface area contributed by atoms with Crippen LogP contribution in [0.25, 0.3) is 94.2 Å². The molecule has 0 atom stereocenters. The minimum Gasteiger partial charge on any atom is -0.278 e. The average molecular weight is 627 g/mol. The van der Waals surface area contributed by atoms with Crippen molar-refractivity contribution in [1.29, 1.82) is 0 Å². The van der Waals surface area contributed by atoms with E-state index >= 15 is 0 Å². The summed E-state index contributed by atoms with van der Waals surface area (Å²) in [6, 6.07) is 55.4. The lowest BCUT2D eigenvalue weighted by molar-refractivity contribution is 1.01. The van der Waals surface area contributed by atoms with Crippen LogP contribution in [0.2, 0.25) is 0 Å². The molecule has 0 bridgehead atoms. The molecule has 228 valence electrons. The number of imidazole rings is 2. The number of hydrogen-bond donors (Lipinski definition) is 0. The summed E-state index contributed by atoms with van der Waals surface area (Å²) in [7, 11) is 0. The molecule has 4 heterocycles. The van der Waals surface area contributed by atoms with E-state index in [0.29, 0.717) is 5.95 Å². The van der Waals surface area contributed by atoms with Gasteiger partial charge >= 0.3 is 0 Å². The molecule has 11 rings (SSSR count). The maximum Gasteiger partial charge on any atom is 0.235 e. The first-order valence-electron chi connectivity index (χ1n) is 16.5. The molecule has 0 N–H and O–H groups in total. The summed E-state index contributed by atoms with van der Waals surface area (Å²) in [5.41, 5.74) is 10.3. The van der Waals surface area contributed by atoms with Crippen LogP contribution < -0.4 is 0 Å². The molecule has 0 aliphatic heterocycles. The molecule has 0 aliphatic rings. The van der Waals surface area contributed by atoms with Crippen LogP contribution in [0, 0.1) is 0 Å². The van der Waals surface area contributed by atoms with Gasteiger partial charge in [-0.1, -0.05) is 97.1 Å². The van der Waals surface area contributed by atoms with Crippen molar-refractivity contribution in [2.24, 2.45) is 0 Å². The van der Waals surface area contributed by atoms with Crippen LogP contribution in [0.5, 0.6) is 0 Å². The normalized spacial score (nSPS) is 12.1. The third-order valence-corrected chi connectivity index (χ3v) is 9.82. The Bertz CT molecular complexity index is 3110. The molecular formula is C43H26N6. The summed E-state index contributed by atoms with van der Waals surface area (Å²) in [6.07, 6.45) is 0. The number of nitrogens with zero attached hydrogens (tertiary/aromatic N) is 6. The van der Waals surface area contributed by atoms with Crippen molar-refractivity contribution < 1.29 is 0 Å². The Balaban J connectivity index is 1.25. The Morgan fingerprint density at radius 2 is 1.06 bits per heavy atom. The fourth-order valence-corrected chi connectivity index (χ4v) is 7.63. The summed E-state index contributed by atoms with van der Waals surface area (Å²) in [5.74, 6) is 1.54. The zero-order valence-electron chi connectivity index (χ0n) is 26.2. The first-order chi connectivity index (χ1) is 24.3. The van der Waals surface area contributed by atoms with Gasteiger partial charge in [-0.05, 0) is 71.4 Å². The summed E-state index contributed by atoms with van der Waals surface area (Å²) in [5, 5.41) is 5.67. The zero-order chi connectivity index (χ0) is 32.1. The van der Waals surface area contributed by atoms with Crippen molar-refractivity contribution in [3.63, 3.8) is 0 Å². The fraction of sp³-hybridized carbons (Fsp3) is 0. The van der Waals surface area contributed by atoms with Crippen molar-refractivity contribution in [1.82, 2.24) is 28.5 Å². The van der Waals surface area contributed by atoms with Gasteiger partial charge in [-0.15, -0.1) is 0 Å². The number of fused-ring (bicyclic) bond motifs is 10. The van der Waals surface area contributed by atoms with Crippen LogP contribution >= 0.6 is 0 Å². The van der Waals surface area contributed by atoms with E-state index in [1.54, 1.807) is 0 Å². The quantitative estimate of drug-likeness (QED) is 0.196. The van der Waals surface area contributed by atoms with Crippen molar-refractivity contribution in [2.45, 2.75) is 0 Å². The van der Waals surface area contributed by atoms with Crippen LogP contribution in [0.3, 0.4) is 0 Å². The summed E-state index contributed by atoms with van der Waals surface area (Å²) in [4.78, 5) is 15.6. The van der Waals surface area contributed by atoms with E-state index in [2.05, 4.69) is 153 Å². The smallest absolute Gasteiger partial charge is 0.235 e. The Labute approximate surface area is 279 Å². The van der Waals surface area contributed by atoms with Crippen LogP contribution in [-0.2, 0) is 0 Å². The molecule has 6 heteroatoms. The van der Waals surface area contributed by atoms with Gasteiger partial charge in [0.2, 0.25) is 11.7 Å². The van der Waals surface area contributed by atoms with Crippen LogP contribution in [0.15, 0.2) is 158 Å². The third-order valence-electron chi connectivity index (χ3n) is 9.82. The lowest BCUT2D eigenvalue weighted by Crippen LogP contribution is -2.03. The van der Waals surface area contributed by atoms with Gasteiger partial charge in [0.05, 0.1) is 44.3 Å². The summed E-state index contributed by atoms with van der Waals surface area (Å²) >= 11 is 0. The van der Waals surface area contributed by atoms with E-state index in [1.807, 2.05) is 18.2 Å². The molecule has 0 amide bonds. The maximum atomic E-state index is 5.31. The molecule has 4 aromatic heterocycles. The predicted octanol–water partition coefficient (Wildman–Crippen LogP) is 10.3. The molecule has 49 heavy (non-hydrogen) atoms. The van der Waals surface area contributed by atoms with Crippen LogP contribution in [0.4, 0.5) is 0 Å². The van der Waals surface area contributed by atoms with Gasteiger partial charge in [-0.25, -0.2) is 15.0 Å². The maximum absolute atomic E-state index is 5.31. The van der Waals surface area contributed by atoms with E-state index in [1.165, 1.54) is 10.8 Å². The highest BCUT2D eigenvalue weighted by molar-refractivity contribution is 6.14. The third kappa shape index (κ3) is 3.74. The molecule has 7 aromatic carbocycles. The second-order valence-electron chi connectivity index (χ2n) is 12.6. The van der Waals surface area contributed by atoms with E-state index in [9.17, 15) is 0 Å². The van der Waals surface area contributed by atoms with E-state index in [-0.39, 0.29) is 0 Å². The van der Waals surface area contributed by atoms with E-state index < -0.39 is 0 Å². The first kappa shape index (κ1) is 26.3. The molecular weight excluding hydrogens is 601 g/mol. The van der Waals surface area contributed by atoms with Crippen molar-refractivity contribution >= 4 is 71.3 Å². The molecule has 0 aliphatic carbocycles. The highest BCUT2D eigenvalue weighted by Crippen LogP contribution is 2.38.